The van der Waals surface area contributed by atoms with Crippen LogP contribution in [0.3, 0.4) is 0 Å². The second-order valence-electron chi connectivity index (χ2n) is 5.11. The van der Waals surface area contributed by atoms with Crippen LogP contribution in [-0.2, 0) is 4.79 Å². The van der Waals surface area contributed by atoms with Gasteiger partial charge in [0.1, 0.15) is 4.33 Å². The Balaban J connectivity index is 2.09. The van der Waals surface area contributed by atoms with E-state index in [-0.39, 0.29) is 11.8 Å². The molecule has 0 spiro atoms. The normalized spacial score (nSPS) is 23.0. The fraction of sp³-hybridized carbons (Fsp3) is 0.429. The molecule has 0 aromatic heterocycles. The van der Waals surface area contributed by atoms with Crippen LogP contribution in [0.5, 0.6) is 0 Å². The van der Waals surface area contributed by atoms with Gasteiger partial charge in [0, 0.05) is 17.8 Å². The van der Waals surface area contributed by atoms with Crippen LogP contribution in [0, 0.1) is 5.41 Å². The molecule has 0 saturated heterocycles. The number of hydrogen-bond acceptors (Lipinski definition) is 2. The van der Waals surface area contributed by atoms with E-state index in [1.165, 1.54) is 0 Å². The number of amides is 2. The standard InChI is InChI=1S/C14H16Cl2N2O2/c1-3-17-11(19)9-5-4-6-10(7-9)18-12(20)13(2)8-14(13,15)16/h4-7H,3,8H2,1-2H3,(H,17,19)(H,18,20). The second-order valence-corrected chi connectivity index (χ2v) is 6.59. The third-order valence-corrected chi connectivity index (χ3v) is 4.58. The number of alkyl halides is 2. The molecule has 6 heteroatoms. The predicted octanol–water partition coefficient (Wildman–Crippen LogP) is 2.96. The number of anilines is 1. The number of rotatable bonds is 4. The number of benzene rings is 1. The average Bonchev–Trinajstić information content (AvgIpc) is 2.90. The molecule has 0 bridgehead atoms. The molecule has 1 atom stereocenters. The largest absolute Gasteiger partial charge is 0.352 e. The lowest BCUT2D eigenvalue weighted by atomic mass is 10.1. The van der Waals surface area contributed by atoms with Gasteiger partial charge in [0.2, 0.25) is 5.91 Å². The van der Waals surface area contributed by atoms with Crippen molar-refractivity contribution in [2.75, 3.05) is 11.9 Å². The fourth-order valence-corrected chi connectivity index (χ4v) is 2.62. The number of carbonyl (C=O) groups is 2. The Hall–Kier alpha value is -1.26. The monoisotopic (exact) mass is 314 g/mol. The maximum Gasteiger partial charge on any atom is 0.251 e. The van der Waals surface area contributed by atoms with Crippen molar-refractivity contribution in [1.82, 2.24) is 5.32 Å². The van der Waals surface area contributed by atoms with E-state index in [1.807, 2.05) is 6.92 Å². The molecule has 0 aliphatic heterocycles. The Bertz CT molecular complexity index is 560. The molecule has 1 aliphatic rings. The van der Waals surface area contributed by atoms with Gasteiger partial charge in [-0.1, -0.05) is 6.07 Å². The number of nitrogens with one attached hydrogen (secondary N) is 2. The Morgan fingerprint density at radius 3 is 2.55 bits per heavy atom. The van der Waals surface area contributed by atoms with Crippen molar-refractivity contribution in [2.45, 2.75) is 24.6 Å². The van der Waals surface area contributed by atoms with Gasteiger partial charge in [0.15, 0.2) is 0 Å². The summed E-state index contributed by atoms with van der Waals surface area (Å²) in [5.41, 5.74) is 0.266. The Morgan fingerprint density at radius 1 is 1.35 bits per heavy atom. The molecule has 1 aromatic carbocycles. The summed E-state index contributed by atoms with van der Waals surface area (Å²) in [6.07, 6.45) is 0.422. The van der Waals surface area contributed by atoms with Gasteiger partial charge in [-0.25, -0.2) is 0 Å². The maximum atomic E-state index is 12.1. The summed E-state index contributed by atoms with van der Waals surface area (Å²) in [5, 5.41) is 5.45. The molecular formula is C14H16Cl2N2O2. The molecule has 1 unspecified atom stereocenters. The van der Waals surface area contributed by atoms with E-state index in [4.69, 9.17) is 23.2 Å². The summed E-state index contributed by atoms with van der Waals surface area (Å²) in [5.74, 6) is -0.416. The van der Waals surface area contributed by atoms with Gasteiger partial charge in [-0.3, -0.25) is 9.59 Å². The fourth-order valence-electron chi connectivity index (χ4n) is 1.92. The van der Waals surface area contributed by atoms with Crippen LogP contribution in [0.2, 0.25) is 0 Å². The molecule has 20 heavy (non-hydrogen) atoms. The van der Waals surface area contributed by atoms with E-state index in [9.17, 15) is 9.59 Å². The van der Waals surface area contributed by atoms with Crippen molar-refractivity contribution in [1.29, 1.82) is 0 Å². The smallest absolute Gasteiger partial charge is 0.251 e. The van der Waals surface area contributed by atoms with Crippen molar-refractivity contribution in [3.05, 3.63) is 29.8 Å². The summed E-state index contributed by atoms with van der Waals surface area (Å²) in [7, 11) is 0. The Labute approximate surface area is 127 Å². The molecule has 108 valence electrons. The Morgan fingerprint density at radius 2 is 2.00 bits per heavy atom. The minimum atomic E-state index is -1.01. The van der Waals surface area contributed by atoms with Crippen LogP contribution in [0.15, 0.2) is 24.3 Å². The Kier molecular flexibility index (Phi) is 3.98. The van der Waals surface area contributed by atoms with Gasteiger partial charge in [-0.15, -0.1) is 23.2 Å². The molecule has 2 rings (SSSR count). The van der Waals surface area contributed by atoms with Crippen molar-refractivity contribution < 1.29 is 9.59 Å². The van der Waals surface area contributed by atoms with Crippen molar-refractivity contribution in [3.63, 3.8) is 0 Å². The maximum absolute atomic E-state index is 12.1. The SMILES string of the molecule is CCNC(=O)c1cccc(NC(=O)C2(C)CC2(Cl)Cl)c1. The van der Waals surface area contributed by atoms with Gasteiger partial charge in [0.05, 0.1) is 5.41 Å². The quantitative estimate of drug-likeness (QED) is 0.839. The van der Waals surface area contributed by atoms with E-state index in [1.54, 1.807) is 31.2 Å². The van der Waals surface area contributed by atoms with Crippen LogP contribution >= 0.6 is 23.2 Å². The molecule has 1 saturated carbocycles. The highest BCUT2D eigenvalue weighted by Gasteiger charge is 2.67. The minimum absolute atomic E-state index is 0.176. The van der Waals surface area contributed by atoms with E-state index in [0.717, 1.165) is 0 Å². The lowest BCUT2D eigenvalue weighted by Gasteiger charge is -2.13. The van der Waals surface area contributed by atoms with Crippen molar-refractivity contribution >= 4 is 40.7 Å². The molecule has 2 N–H and O–H groups in total. The number of halogens is 2. The first-order chi connectivity index (χ1) is 9.30. The first-order valence-corrected chi connectivity index (χ1v) is 7.13. The van der Waals surface area contributed by atoms with Crippen LogP contribution in [0.1, 0.15) is 30.6 Å². The van der Waals surface area contributed by atoms with Gasteiger partial charge >= 0.3 is 0 Å². The van der Waals surface area contributed by atoms with Crippen LogP contribution in [-0.4, -0.2) is 22.7 Å². The van der Waals surface area contributed by atoms with Crippen molar-refractivity contribution in [2.24, 2.45) is 5.41 Å². The van der Waals surface area contributed by atoms with Crippen LogP contribution in [0.4, 0.5) is 5.69 Å². The first-order valence-electron chi connectivity index (χ1n) is 6.38. The van der Waals surface area contributed by atoms with Crippen LogP contribution < -0.4 is 10.6 Å². The zero-order chi connectivity index (χ0) is 15.0. The van der Waals surface area contributed by atoms with E-state index in [2.05, 4.69) is 10.6 Å². The first kappa shape index (κ1) is 15.1. The topological polar surface area (TPSA) is 58.2 Å². The average molecular weight is 315 g/mol. The predicted molar refractivity (Wildman–Crippen MR) is 80.2 cm³/mol. The highest BCUT2D eigenvalue weighted by molar-refractivity contribution is 6.53. The number of carbonyl (C=O) groups excluding carboxylic acids is 2. The van der Waals surface area contributed by atoms with E-state index >= 15 is 0 Å². The van der Waals surface area contributed by atoms with E-state index in [0.29, 0.717) is 24.2 Å². The van der Waals surface area contributed by atoms with Crippen LogP contribution in [0.25, 0.3) is 0 Å². The third kappa shape index (κ3) is 2.76. The lowest BCUT2D eigenvalue weighted by Crippen LogP contribution is -2.26. The minimum Gasteiger partial charge on any atom is -0.352 e. The molecule has 0 heterocycles. The second kappa shape index (κ2) is 5.26. The molecule has 0 radical (unpaired) electrons. The molecule has 4 nitrogen and oxygen atoms in total. The summed E-state index contributed by atoms with van der Waals surface area (Å²) in [4.78, 5) is 23.9. The lowest BCUT2D eigenvalue weighted by molar-refractivity contribution is -0.120. The van der Waals surface area contributed by atoms with Gasteiger partial charge in [-0.2, -0.15) is 0 Å². The zero-order valence-electron chi connectivity index (χ0n) is 11.3. The molecule has 2 amide bonds. The van der Waals surface area contributed by atoms with Crippen molar-refractivity contribution in [3.8, 4) is 0 Å². The van der Waals surface area contributed by atoms with Gasteiger partial charge < -0.3 is 10.6 Å². The zero-order valence-corrected chi connectivity index (χ0v) is 12.8. The molecule has 1 aromatic rings. The summed E-state index contributed by atoms with van der Waals surface area (Å²) in [6, 6.07) is 6.74. The van der Waals surface area contributed by atoms with E-state index < -0.39 is 9.75 Å². The van der Waals surface area contributed by atoms with Gasteiger partial charge in [0.25, 0.3) is 5.91 Å². The summed E-state index contributed by atoms with van der Waals surface area (Å²) < 4.78 is -1.01. The van der Waals surface area contributed by atoms with Gasteiger partial charge in [-0.05, 0) is 38.5 Å². The molecule has 1 aliphatic carbocycles. The molecular weight excluding hydrogens is 299 g/mol. The highest BCUT2D eigenvalue weighted by Crippen LogP contribution is 2.64. The third-order valence-electron chi connectivity index (χ3n) is 3.48. The highest BCUT2D eigenvalue weighted by atomic mass is 35.5. The number of hydrogen-bond donors (Lipinski definition) is 2. The summed E-state index contributed by atoms with van der Waals surface area (Å²) in [6.45, 7) is 4.11. The molecule has 1 fully saturated rings. The summed E-state index contributed by atoms with van der Waals surface area (Å²) >= 11 is 11.9.